The third-order valence-corrected chi connectivity index (χ3v) is 3.36. The molecule has 0 unspecified atom stereocenters. The van der Waals surface area contributed by atoms with Crippen molar-refractivity contribution in [1.29, 1.82) is 0 Å². The van der Waals surface area contributed by atoms with Crippen molar-refractivity contribution in [2.24, 2.45) is 0 Å². The van der Waals surface area contributed by atoms with Gasteiger partial charge in [0.1, 0.15) is 5.75 Å². The van der Waals surface area contributed by atoms with Crippen molar-refractivity contribution in [3.8, 4) is 17.0 Å². The molecule has 0 saturated carbocycles. The molecular weight excluding hydrogens is 226 g/mol. The van der Waals surface area contributed by atoms with Crippen molar-refractivity contribution in [1.82, 2.24) is 10.2 Å². The molecule has 0 fully saturated rings. The fourth-order valence-corrected chi connectivity index (χ4v) is 2.41. The predicted octanol–water partition coefficient (Wildman–Crippen LogP) is 2.81. The number of hydrogen-bond acceptors (Lipinski definition) is 3. The van der Waals surface area contributed by atoms with Gasteiger partial charge in [0.15, 0.2) is 5.82 Å². The van der Waals surface area contributed by atoms with Crippen molar-refractivity contribution in [3.05, 3.63) is 29.3 Å². The van der Waals surface area contributed by atoms with Gasteiger partial charge in [-0.15, -0.1) is 0 Å². The molecule has 94 valence electrons. The highest BCUT2D eigenvalue weighted by molar-refractivity contribution is 5.79. The maximum absolute atomic E-state index is 5.28. The second-order valence-electron chi connectivity index (χ2n) is 4.55. The minimum absolute atomic E-state index is 0.888. The Morgan fingerprint density at radius 2 is 2.33 bits per heavy atom. The molecule has 0 saturated heterocycles. The van der Waals surface area contributed by atoms with Crippen LogP contribution in [0.15, 0.2) is 18.2 Å². The molecule has 18 heavy (non-hydrogen) atoms. The predicted molar refractivity (Wildman–Crippen MR) is 72.2 cm³/mol. The van der Waals surface area contributed by atoms with Crippen LogP contribution in [-0.4, -0.2) is 23.9 Å². The third-order valence-electron chi connectivity index (χ3n) is 3.36. The van der Waals surface area contributed by atoms with E-state index in [-0.39, 0.29) is 0 Å². The zero-order chi connectivity index (χ0) is 12.5. The number of hydrogen-bond donors (Lipinski definition) is 2. The van der Waals surface area contributed by atoms with E-state index in [2.05, 4.69) is 34.6 Å². The second kappa shape index (κ2) is 4.37. The van der Waals surface area contributed by atoms with Crippen molar-refractivity contribution in [3.63, 3.8) is 0 Å². The summed E-state index contributed by atoms with van der Waals surface area (Å²) in [7, 11) is 1.69. The van der Waals surface area contributed by atoms with Crippen molar-refractivity contribution in [2.75, 3.05) is 19.0 Å². The van der Waals surface area contributed by atoms with E-state index in [1.54, 1.807) is 7.11 Å². The van der Waals surface area contributed by atoms with Crippen LogP contribution in [0.25, 0.3) is 11.3 Å². The van der Waals surface area contributed by atoms with E-state index in [0.29, 0.717) is 0 Å². The molecule has 0 atom stereocenters. The standard InChI is InChI=1S/C14H17N3O/c1-3-6-15-14-12-7-9-4-5-10(18-2)8-11(9)13(12)16-17-14/h4-5,8H,3,6-7H2,1-2H3,(H2,15,16,17). The molecule has 1 aromatic heterocycles. The van der Waals surface area contributed by atoms with Crippen LogP contribution in [-0.2, 0) is 6.42 Å². The first-order chi connectivity index (χ1) is 8.83. The van der Waals surface area contributed by atoms with Crippen molar-refractivity contribution in [2.45, 2.75) is 19.8 Å². The highest BCUT2D eigenvalue weighted by atomic mass is 16.5. The normalized spacial score (nSPS) is 12.1. The second-order valence-corrected chi connectivity index (χ2v) is 4.55. The lowest BCUT2D eigenvalue weighted by Gasteiger charge is -2.03. The number of aromatic amines is 1. The van der Waals surface area contributed by atoms with Gasteiger partial charge < -0.3 is 10.1 Å². The Bertz CT molecular complexity index is 574. The Balaban J connectivity index is 1.98. The molecule has 1 aliphatic carbocycles. The van der Waals surface area contributed by atoms with Crippen LogP contribution in [0.5, 0.6) is 5.75 Å². The lowest BCUT2D eigenvalue weighted by atomic mass is 10.1. The largest absolute Gasteiger partial charge is 0.497 e. The molecule has 1 heterocycles. The number of anilines is 1. The molecule has 1 aromatic carbocycles. The lowest BCUT2D eigenvalue weighted by Crippen LogP contribution is -2.02. The topological polar surface area (TPSA) is 49.9 Å². The molecule has 4 nitrogen and oxygen atoms in total. The van der Waals surface area contributed by atoms with Gasteiger partial charge in [-0.2, -0.15) is 5.10 Å². The number of methoxy groups -OCH3 is 1. The van der Waals surface area contributed by atoms with E-state index in [1.807, 2.05) is 6.07 Å². The van der Waals surface area contributed by atoms with Crippen molar-refractivity contribution < 1.29 is 4.74 Å². The summed E-state index contributed by atoms with van der Waals surface area (Å²) >= 11 is 0. The van der Waals surface area contributed by atoms with Gasteiger partial charge in [0.05, 0.1) is 12.8 Å². The van der Waals surface area contributed by atoms with E-state index in [9.17, 15) is 0 Å². The van der Waals surface area contributed by atoms with Crippen LogP contribution in [0, 0.1) is 0 Å². The Kier molecular flexibility index (Phi) is 2.70. The van der Waals surface area contributed by atoms with Gasteiger partial charge in [0.2, 0.25) is 0 Å². The molecule has 0 aliphatic heterocycles. The Hall–Kier alpha value is -1.97. The average Bonchev–Trinajstić information content (AvgIpc) is 2.94. The Labute approximate surface area is 106 Å². The van der Waals surface area contributed by atoms with Gasteiger partial charge in [-0.3, -0.25) is 5.10 Å². The molecule has 4 heteroatoms. The molecule has 1 aliphatic rings. The van der Waals surface area contributed by atoms with Crippen molar-refractivity contribution >= 4 is 5.82 Å². The maximum Gasteiger partial charge on any atom is 0.151 e. The van der Waals surface area contributed by atoms with E-state index >= 15 is 0 Å². The molecule has 0 amide bonds. The third kappa shape index (κ3) is 1.65. The number of H-pyrrole nitrogens is 1. The number of benzene rings is 1. The van der Waals surface area contributed by atoms with E-state index in [1.165, 1.54) is 16.7 Å². The number of nitrogens with one attached hydrogen (secondary N) is 2. The van der Waals surface area contributed by atoms with E-state index in [4.69, 9.17) is 4.74 Å². The summed E-state index contributed by atoms with van der Waals surface area (Å²) in [5, 5.41) is 10.9. The van der Waals surface area contributed by atoms with Crippen LogP contribution in [0.3, 0.4) is 0 Å². The van der Waals surface area contributed by atoms with Gasteiger partial charge in [-0.05, 0) is 24.1 Å². The highest BCUT2D eigenvalue weighted by Crippen LogP contribution is 2.40. The molecule has 2 N–H and O–H groups in total. The Morgan fingerprint density at radius 3 is 3.11 bits per heavy atom. The van der Waals surface area contributed by atoms with Crippen LogP contribution >= 0.6 is 0 Å². The monoisotopic (exact) mass is 243 g/mol. The number of fused-ring (bicyclic) bond motifs is 3. The summed E-state index contributed by atoms with van der Waals surface area (Å²) < 4.78 is 5.28. The minimum atomic E-state index is 0.888. The smallest absolute Gasteiger partial charge is 0.151 e. The van der Waals surface area contributed by atoms with Gasteiger partial charge in [0, 0.05) is 24.1 Å². The van der Waals surface area contributed by atoms with Crippen LogP contribution < -0.4 is 10.1 Å². The molecule has 2 aromatic rings. The van der Waals surface area contributed by atoms with Gasteiger partial charge >= 0.3 is 0 Å². The summed E-state index contributed by atoms with van der Waals surface area (Å²) in [6, 6.07) is 6.21. The first-order valence-electron chi connectivity index (χ1n) is 6.32. The molecule has 0 radical (unpaired) electrons. The number of rotatable bonds is 4. The zero-order valence-corrected chi connectivity index (χ0v) is 10.7. The van der Waals surface area contributed by atoms with E-state index in [0.717, 1.165) is 36.6 Å². The highest BCUT2D eigenvalue weighted by Gasteiger charge is 2.24. The number of aromatic nitrogens is 2. The van der Waals surface area contributed by atoms with Gasteiger partial charge in [-0.25, -0.2) is 0 Å². The molecule has 0 spiro atoms. The summed E-state index contributed by atoms with van der Waals surface area (Å²) in [5.74, 6) is 1.88. The SMILES string of the molecule is CCCNc1n[nH]c2c1Cc1ccc(OC)cc1-2. The fourth-order valence-electron chi connectivity index (χ4n) is 2.41. The zero-order valence-electron chi connectivity index (χ0n) is 10.7. The van der Waals surface area contributed by atoms with Gasteiger partial charge in [-0.1, -0.05) is 13.0 Å². The van der Waals surface area contributed by atoms with Gasteiger partial charge in [0.25, 0.3) is 0 Å². The van der Waals surface area contributed by atoms with Crippen LogP contribution in [0.2, 0.25) is 0 Å². The average molecular weight is 243 g/mol. The number of ether oxygens (including phenoxy) is 1. The molecular formula is C14H17N3O. The van der Waals surface area contributed by atoms with Crippen LogP contribution in [0.1, 0.15) is 24.5 Å². The summed E-state index contributed by atoms with van der Waals surface area (Å²) in [4.78, 5) is 0. The van der Waals surface area contributed by atoms with Crippen LogP contribution in [0.4, 0.5) is 5.82 Å². The molecule has 3 rings (SSSR count). The lowest BCUT2D eigenvalue weighted by molar-refractivity contribution is 0.415. The maximum atomic E-state index is 5.28. The van der Waals surface area contributed by atoms with E-state index < -0.39 is 0 Å². The number of nitrogens with zero attached hydrogens (tertiary/aromatic N) is 1. The fraction of sp³-hybridized carbons (Fsp3) is 0.357. The summed E-state index contributed by atoms with van der Waals surface area (Å²) in [6.07, 6.45) is 2.04. The minimum Gasteiger partial charge on any atom is -0.497 e. The summed E-state index contributed by atoms with van der Waals surface area (Å²) in [6.45, 7) is 3.11. The molecule has 0 bridgehead atoms. The Morgan fingerprint density at radius 1 is 1.44 bits per heavy atom. The summed E-state index contributed by atoms with van der Waals surface area (Å²) in [5.41, 5.74) is 4.94. The first-order valence-corrected chi connectivity index (χ1v) is 6.32. The first kappa shape index (κ1) is 11.1. The quantitative estimate of drug-likeness (QED) is 0.740.